The number of rotatable bonds is 0. The minimum atomic E-state index is 0.874. The topological polar surface area (TPSA) is 26.0 Å². The van der Waals surface area contributed by atoms with Crippen LogP contribution in [0.25, 0.3) is 10.8 Å². The van der Waals surface area contributed by atoms with Crippen molar-refractivity contribution >= 4 is 27.8 Å². The lowest BCUT2D eigenvalue weighted by Crippen LogP contribution is -1.82. The number of benzene rings is 1. The van der Waals surface area contributed by atoms with Crippen molar-refractivity contribution in [2.45, 2.75) is 0 Å². The standard InChI is InChI=1S/C8H7NS/c9-8-3-1-2-6-4-10-5-7(6)8/h1-5H,9H2. The zero-order valence-corrected chi connectivity index (χ0v) is 6.19. The van der Waals surface area contributed by atoms with E-state index in [1.54, 1.807) is 11.3 Å². The molecule has 10 heavy (non-hydrogen) atoms. The predicted octanol–water partition coefficient (Wildman–Crippen LogP) is 2.48. The van der Waals surface area contributed by atoms with Crippen molar-refractivity contribution in [1.82, 2.24) is 0 Å². The van der Waals surface area contributed by atoms with E-state index in [1.807, 2.05) is 12.1 Å². The van der Waals surface area contributed by atoms with E-state index < -0.39 is 0 Å². The molecule has 0 saturated heterocycles. The van der Waals surface area contributed by atoms with Crippen LogP contribution >= 0.6 is 11.3 Å². The molecule has 0 aliphatic heterocycles. The van der Waals surface area contributed by atoms with Gasteiger partial charge in [-0.05, 0) is 16.8 Å². The second-order valence-electron chi connectivity index (χ2n) is 2.22. The van der Waals surface area contributed by atoms with E-state index in [0.717, 1.165) is 5.69 Å². The summed E-state index contributed by atoms with van der Waals surface area (Å²) in [7, 11) is 0. The van der Waals surface area contributed by atoms with E-state index in [1.165, 1.54) is 10.8 Å². The molecule has 1 aromatic heterocycles. The maximum Gasteiger partial charge on any atom is 0.0402 e. The Balaban J connectivity index is 2.95. The summed E-state index contributed by atoms with van der Waals surface area (Å²) in [6.45, 7) is 0. The molecule has 0 radical (unpaired) electrons. The Morgan fingerprint density at radius 1 is 1.20 bits per heavy atom. The summed E-state index contributed by atoms with van der Waals surface area (Å²) in [6, 6.07) is 5.97. The summed E-state index contributed by atoms with van der Waals surface area (Å²) in [6.07, 6.45) is 0. The number of hydrogen-bond donors (Lipinski definition) is 1. The van der Waals surface area contributed by atoms with Crippen molar-refractivity contribution in [3.63, 3.8) is 0 Å². The van der Waals surface area contributed by atoms with Gasteiger partial charge in [0.2, 0.25) is 0 Å². The van der Waals surface area contributed by atoms with Gasteiger partial charge in [-0.15, -0.1) is 0 Å². The molecular formula is C8H7NS. The fourth-order valence-electron chi connectivity index (χ4n) is 1.02. The molecule has 2 aromatic rings. The van der Waals surface area contributed by atoms with Gasteiger partial charge in [-0.25, -0.2) is 0 Å². The molecule has 0 unspecified atom stereocenters. The van der Waals surface area contributed by atoms with Crippen LogP contribution in [0.5, 0.6) is 0 Å². The van der Waals surface area contributed by atoms with E-state index in [2.05, 4.69) is 16.8 Å². The van der Waals surface area contributed by atoms with Crippen LogP contribution in [0.3, 0.4) is 0 Å². The summed E-state index contributed by atoms with van der Waals surface area (Å²) < 4.78 is 0. The highest BCUT2D eigenvalue weighted by atomic mass is 32.1. The molecule has 0 amide bonds. The lowest BCUT2D eigenvalue weighted by molar-refractivity contribution is 1.80. The summed E-state index contributed by atoms with van der Waals surface area (Å²) in [5.41, 5.74) is 6.58. The van der Waals surface area contributed by atoms with Gasteiger partial charge in [0, 0.05) is 16.5 Å². The second kappa shape index (κ2) is 1.99. The van der Waals surface area contributed by atoms with Crippen LogP contribution in [0, 0.1) is 0 Å². The molecule has 1 heterocycles. The molecular weight excluding hydrogens is 142 g/mol. The predicted molar refractivity (Wildman–Crippen MR) is 46.2 cm³/mol. The minimum Gasteiger partial charge on any atom is -0.398 e. The second-order valence-corrected chi connectivity index (χ2v) is 2.97. The highest BCUT2D eigenvalue weighted by Gasteiger charge is 1.94. The molecule has 2 N–H and O–H groups in total. The van der Waals surface area contributed by atoms with Gasteiger partial charge in [-0.3, -0.25) is 0 Å². The van der Waals surface area contributed by atoms with Crippen LogP contribution in [0.15, 0.2) is 29.0 Å². The quantitative estimate of drug-likeness (QED) is 0.572. The third-order valence-corrected chi connectivity index (χ3v) is 2.32. The Labute approximate surface area is 63.1 Å². The normalized spacial score (nSPS) is 10.4. The number of nitrogens with two attached hydrogens (primary N) is 1. The SMILES string of the molecule is Nc1cccc2cscc12. The summed E-state index contributed by atoms with van der Waals surface area (Å²) in [5.74, 6) is 0. The zero-order valence-electron chi connectivity index (χ0n) is 5.37. The molecule has 0 fully saturated rings. The Hall–Kier alpha value is -1.02. The molecule has 0 bridgehead atoms. The van der Waals surface area contributed by atoms with Crippen LogP contribution < -0.4 is 5.73 Å². The van der Waals surface area contributed by atoms with E-state index in [4.69, 9.17) is 5.73 Å². The third kappa shape index (κ3) is 0.693. The average Bonchev–Trinajstić information content (AvgIpc) is 2.36. The fraction of sp³-hybridized carbons (Fsp3) is 0. The molecule has 2 rings (SSSR count). The van der Waals surface area contributed by atoms with E-state index in [9.17, 15) is 0 Å². The molecule has 50 valence electrons. The van der Waals surface area contributed by atoms with Crippen LogP contribution in [-0.2, 0) is 0 Å². The van der Waals surface area contributed by atoms with Gasteiger partial charge < -0.3 is 5.73 Å². The third-order valence-electron chi connectivity index (χ3n) is 1.55. The molecule has 0 atom stereocenters. The van der Waals surface area contributed by atoms with Crippen molar-refractivity contribution in [3.05, 3.63) is 29.0 Å². The Kier molecular flexibility index (Phi) is 1.14. The lowest BCUT2D eigenvalue weighted by atomic mass is 10.2. The highest BCUT2D eigenvalue weighted by molar-refractivity contribution is 7.09. The zero-order chi connectivity index (χ0) is 6.97. The largest absolute Gasteiger partial charge is 0.398 e. The first-order valence-electron chi connectivity index (χ1n) is 3.08. The van der Waals surface area contributed by atoms with Crippen LogP contribution in [0.2, 0.25) is 0 Å². The summed E-state index contributed by atoms with van der Waals surface area (Å²) >= 11 is 1.69. The molecule has 0 saturated carbocycles. The van der Waals surface area contributed by atoms with Crippen molar-refractivity contribution in [2.75, 3.05) is 5.73 Å². The number of anilines is 1. The molecule has 0 aliphatic rings. The number of hydrogen-bond acceptors (Lipinski definition) is 2. The summed E-state index contributed by atoms with van der Waals surface area (Å²) in [5, 5.41) is 6.59. The first-order valence-corrected chi connectivity index (χ1v) is 4.02. The van der Waals surface area contributed by atoms with E-state index in [0.29, 0.717) is 0 Å². The lowest BCUT2D eigenvalue weighted by Gasteiger charge is -1.92. The molecule has 1 aromatic carbocycles. The monoisotopic (exact) mass is 149 g/mol. The van der Waals surface area contributed by atoms with Gasteiger partial charge in [-0.2, -0.15) is 11.3 Å². The van der Waals surface area contributed by atoms with Gasteiger partial charge in [0.05, 0.1) is 0 Å². The van der Waals surface area contributed by atoms with Gasteiger partial charge >= 0.3 is 0 Å². The van der Waals surface area contributed by atoms with Crippen LogP contribution in [-0.4, -0.2) is 0 Å². The Morgan fingerprint density at radius 2 is 2.10 bits per heavy atom. The first-order chi connectivity index (χ1) is 4.88. The van der Waals surface area contributed by atoms with Crippen molar-refractivity contribution in [2.24, 2.45) is 0 Å². The highest BCUT2D eigenvalue weighted by Crippen LogP contribution is 2.23. The van der Waals surface area contributed by atoms with Gasteiger partial charge in [0.1, 0.15) is 0 Å². The van der Waals surface area contributed by atoms with Crippen molar-refractivity contribution in [1.29, 1.82) is 0 Å². The summed E-state index contributed by atoms with van der Waals surface area (Å²) in [4.78, 5) is 0. The molecule has 1 nitrogen and oxygen atoms in total. The molecule has 0 aliphatic carbocycles. The first kappa shape index (κ1) is 5.74. The van der Waals surface area contributed by atoms with Crippen molar-refractivity contribution < 1.29 is 0 Å². The van der Waals surface area contributed by atoms with Gasteiger partial charge in [-0.1, -0.05) is 12.1 Å². The maximum absolute atomic E-state index is 5.71. The Morgan fingerprint density at radius 3 is 2.90 bits per heavy atom. The number of thiophene rings is 1. The van der Waals surface area contributed by atoms with Gasteiger partial charge in [0.25, 0.3) is 0 Å². The smallest absolute Gasteiger partial charge is 0.0402 e. The van der Waals surface area contributed by atoms with Crippen molar-refractivity contribution in [3.8, 4) is 0 Å². The molecule has 0 spiro atoms. The van der Waals surface area contributed by atoms with Crippen LogP contribution in [0.4, 0.5) is 5.69 Å². The number of fused-ring (bicyclic) bond motifs is 1. The minimum absolute atomic E-state index is 0.874. The van der Waals surface area contributed by atoms with E-state index >= 15 is 0 Å². The number of nitrogen functional groups attached to an aromatic ring is 1. The average molecular weight is 149 g/mol. The molecule has 2 heteroatoms. The van der Waals surface area contributed by atoms with E-state index in [-0.39, 0.29) is 0 Å². The van der Waals surface area contributed by atoms with Gasteiger partial charge in [0.15, 0.2) is 0 Å². The maximum atomic E-state index is 5.71. The fourth-order valence-corrected chi connectivity index (χ4v) is 1.84. The van der Waals surface area contributed by atoms with Crippen LogP contribution in [0.1, 0.15) is 0 Å². The Bertz CT molecular complexity index is 351.